The minimum absolute atomic E-state index is 0.0231. The molecule has 0 fully saturated rings. The van der Waals surface area contributed by atoms with Gasteiger partial charge in [0.2, 0.25) is 5.91 Å². The number of carbonyl (C=O) groups is 2. The van der Waals surface area contributed by atoms with Crippen LogP contribution in [-0.2, 0) is 4.79 Å². The van der Waals surface area contributed by atoms with Gasteiger partial charge in [-0.05, 0) is 38.7 Å². The second kappa shape index (κ2) is 8.61. The maximum atomic E-state index is 12.0. The molecule has 128 valence electrons. The molecule has 2 rings (SSSR count). The van der Waals surface area contributed by atoms with Gasteiger partial charge < -0.3 is 15.5 Å². The summed E-state index contributed by atoms with van der Waals surface area (Å²) >= 11 is 1.42. The molecule has 1 heterocycles. The van der Waals surface area contributed by atoms with Crippen molar-refractivity contribution in [2.24, 2.45) is 0 Å². The van der Waals surface area contributed by atoms with E-state index in [1.165, 1.54) is 11.3 Å². The van der Waals surface area contributed by atoms with Crippen LogP contribution in [-0.4, -0.2) is 43.9 Å². The van der Waals surface area contributed by atoms with Gasteiger partial charge in [-0.15, -0.1) is 11.3 Å². The van der Waals surface area contributed by atoms with Gasteiger partial charge in [0.15, 0.2) is 0 Å². The topological polar surface area (TPSA) is 61.4 Å². The van der Waals surface area contributed by atoms with E-state index in [1.807, 2.05) is 57.4 Å². The molecule has 1 aromatic heterocycles. The van der Waals surface area contributed by atoms with Crippen LogP contribution in [0.1, 0.15) is 26.2 Å². The van der Waals surface area contributed by atoms with Gasteiger partial charge >= 0.3 is 0 Å². The highest BCUT2D eigenvalue weighted by molar-refractivity contribution is 7.13. The second-order valence-corrected chi connectivity index (χ2v) is 7.08. The molecule has 0 radical (unpaired) electrons. The Bertz CT molecular complexity index is 683. The fourth-order valence-electron chi connectivity index (χ4n) is 2.35. The quantitative estimate of drug-likeness (QED) is 0.809. The summed E-state index contributed by atoms with van der Waals surface area (Å²) in [5, 5.41) is 5.53. The Morgan fingerprint density at radius 2 is 1.79 bits per heavy atom. The Morgan fingerprint density at radius 3 is 2.38 bits per heavy atom. The number of thiophene rings is 1. The summed E-state index contributed by atoms with van der Waals surface area (Å²) in [5.74, 6) is -0.408. The van der Waals surface area contributed by atoms with Crippen molar-refractivity contribution in [3.63, 3.8) is 0 Å². The summed E-state index contributed by atoms with van der Waals surface area (Å²) < 4.78 is 0. The fourth-order valence-corrected chi connectivity index (χ4v) is 3.13. The first-order valence-electron chi connectivity index (χ1n) is 7.80. The number of hydrogen-bond acceptors (Lipinski definition) is 4. The standard InChI is InChI=1S/C18H23N3O2S/c1-13-9-10-16(24-13)18(23)20-12-17(22)19-11-15(21(2)3)14-7-5-4-6-8-14/h4-10,15H,11-12H2,1-3H3,(H,19,22)(H,20,23). The molecule has 24 heavy (non-hydrogen) atoms. The van der Waals surface area contributed by atoms with Crippen molar-refractivity contribution in [3.8, 4) is 0 Å². The van der Waals surface area contributed by atoms with E-state index in [9.17, 15) is 9.59 Å². The molecule has 0 aliphatic heterocycles. The molecule has 0 aliphatic rings. The van der Waals surface area contributed by atoms with Crippen LogP contribution in [0.25, 0.3) is 0 Å². The highest BCUT2D eigenvalue weighted by Gasteiger charge is 2.15. The normalized spacial score (nSPS) is 12.0. The molecular weight excluding hydrogens is 322 g/mol. The molecular formula is C18H23N3O2S. The zero-order chi connectivity index (χ0) is 17.5. The monoisotopic (exact) mass is 345 g/mol. The van der Waals surface area contributed by atoms with Crippen molar-refractivity contribution in [3.05, 3.63) is 57.8 Å². The average molecular weight is 345 g/mol. The van der Waals surface area contributed by atoms with Gasteiger partial charge in [-0.2, -0.15) is 0 Å². The molecule has 2 N–H and O–H groups in total. The number of hydrogen-bond donors (Lipinski definition) is 2. The van der Waals surface area contributed by atoms with E-state index in [-0.39, 0.29) is 24.4 Å². The smallest absolute Gasteiger partial charge is 0.261 e. The van der Waals surface area contributed by atoms with E-state index in [2.05, 4.69) is 15.5 Å². The van der Waals surface area contributed by atoms with Crippen molar-refractivity contribution in [2.75, 3.05) is 27.2 Å². The summed E-state index contributed by atoms with van der Waals surface area (Å²) in [5.41, 5.74) is 1.14. The van der Waals surface area contributed by atoms with Gasteiger partial charge in [0.1, 0.15) is 0 Å². The van der Waals surface area contributed by atoms with Crippen LogP contribution in [0.4, 0.5) is 0 Å². The number of likely N-dealkylation sites (N-methyl/N-ethyl adjacent to an activating group) is 1. The van der Waals surface area contributed by atoms with E-state index in [1.54, 1.807) is 6.07 Å². The molecule has 2 amide bonds. The Labute approximate surface area is 146 Å². The van der Waals surface area contributed by atoms with E-state index >= 15 is 0 Å². The number of carbonyl (C=O) groups excluding carboxylic acids is 2. The molecule has 0 bridgehead atoms. The van der Waals surface area contributed by atoms with Crippen molar-refractivity contribution >= 4 is 23.2 Å². The van der Waals surface area contributed by atoms with Crippen LogP contribution >= 0.6 is 11.3 Å². The summed E-state index contributed by atoms with van der Waals surface area (Å²) in [4.78, 5) is 27.7. The first-order chi connectivity index (χ1) is 11.5. The van der Waals surface area contributed by atoms with Crippen LogP contribution in [0.2, 0.25) is 0 Å². The minimum Gasteiger partial charge on any atom is -0.353 e. The molecule has 1 atom stereocenters. The maximum absolute atomic E-state index is 12.0. The number of aryl methyl sites for hydroxylation is 1. The Hall–Kier alpha value is -2.18. The van der Waals surface area contributed by atoms with Gasteiger partial charge in [0.25, 0.3) is 5.91 Å². The summed E-state index contributed by atoms with van der Waals surface area (Å²) in [6.07, 6.45) is 0. The Kier molecular flexibility index (Phi) is 6.52. The molecule has 1 aromatic carbocycles. The lowest BCUT2D eigenvalue weighted by Crippen LogP contribution is -2.40. The summed E-state index contributed by atoms with van der Waals surface area (Å²) in [6, 6.07) is 13.8. The fraction of sp³-hybridized carbons (Fsp3) is 0.333. The van der Waals surface area contributed by atoms with Crippen LogP contribution in [0, 0.1) is 6.92 Å². The van der Waals surface area contributed by atoms with Crippen molar-refractivity contribution in [1.82, 2.24) is 15.5 Å². The lowest BCUT2D eigenvalue weighted by Gasteiger charge is -2.25. The third-order valence-corrected chi connectivity index (χ3v) is 4.67. The molecule has 6 heteroatoms. The van der Waals surface area contributed by atoms with Crippen LogP contribution in [0.5, 0.6) is 0 Å². The predicted molar refractivity (Wildman–Crippen MR) is 97.3 cm³/mol. The number of benzene rings is 1. The third kappa shape index (κ3) is 5.18. The van der Waals surface area contributed by atoms with Crippen molar-refractivity contribution < 1.29 is 9.59 Å². The zero-order valence-corrected chi connectivity index (χ0v) is 15.0. The Balaban J connectivity index is 1.82. The number of nitrogens with one attached hydrogen (secondary N) is 2. The van der Waals surface area contributed by atoms with E-state index in [4.69, 9.17) is 0 Å². The van der Waals surface area contributed by atoms with Crippen LogP contribution < -0.4 is 10.6 Å². The lowest BCUT2D eigenvalue weighted by atomic mass is 10.1. The van der Waals surface area contributed by atoms with Gasteiger partial charge in [-0.1, -0.05) is 30.3 Å². The van der Waals surface area contributed by atoms with Gasteiger partial charge in [-0.3, -0.25) is 9.59 Å². The van der Waals surface area contributed by atoms with E-state index < -0.39 is 0 Å². The lowest BCUT2D eigenvalue weighted by molar-refractivity contribution is -0.120. The van der Waals surface area contributed by atoms with Crippen molar-refractivity contribution in [2.45, 2.75) is 13.0 Å². The van der Waals surface area contributed by atoms with Gasteiger partial charge in [-0.25, -0.2) is 0 Å². The first kappa shape index (κ1) is 18.2. The van der Waals surface area contributed by atoms with Crippen LogP contribution in [0.15, 0.2) is 42.5 Å². The number of amides is 2. The van der Waals surface area contributed by atoms with E-state index in [0.717, 1.165) is 10.4 Å². The molecule has 0 aliphatic carbocycles. The molecule has 5 nitrogen and oxygen atoms in total. The molecule has 0 saturated heterocycles. The molecule has 0 spiro atoms. The average Bonchev–Trinajstić information content (AvgIpc) is 3.00. The van der Waals surface area contributed by atoms with Crippen molar-refractivity contribution in [1.29, 1.82) is 0 Å². The van der Waals surface area contributed by atoms with Crippen LogP contribution in [0.3, 0.4) is 0 Å². The number of rotatable bonds is 7. The SMILES string of the molecule is Cc1ccc(C(=O)NCC(=O)NCC(c2ccccc2)N(C)C)s1. The molecule has 2 aromatic rings. The summed E-state index contributed by atoms with van der Waals surface area (Å²) in [6.45, 7) is 2.41. The van der Waals surface area contributed by atoms with Gasteiger partial charge in [0, 0.05) is 11.4 Å². The third-order valence-electron chi connectivity index (χ3n) is 3.67. The zero-order valence-electron chi connectivity index (χ0n) is 14.2. The second-order valence-electron chi connectivity index (χ2n) is 5.79. The first-order valence-corrected chi connectivity index (χ1v) is 8.61. The van der Waals surface area contributed by atoms with E-state index in [0.29, 0.717) is 11.4 Å². The Morgan fingerprint density at radius 1 is 1.08 bits per heavy atom. The number of nitrogens with zero attached hydrogens (tertiary/aromatic N) is 1. The predicted octanol–water partition coefficient (Wildman–Crippen LogP) is 2.21. The maximum Gasteiger partial charge on any atom is 0.261 e. The minimum atomic E-state index is -0.213. The largest absolute Gasteiger partial charge is 0.353 e. The van der Waals surface area contributed by atoms with Gasteiger partial charge in [0.05, 0.1) is 17.5 Å². The summed E-state index contributed by atoms with van der Waals surface area (Å²) in [7, 11) is 3.95. The molecule has 0 saturated carbocycles. The highest BCUT2D eigenvalue weighted by Crippen LogP contribution is 2.16. The molecule has 1 unspecified atom stereocenters. The highest BCUT2D eigenvalue weighted by atomic mass is 32.1.